The number of hydrogen-bond donors (Lipinski definition) is 1. The van der Waals surface area contributed by atoms with Crippen molar-refractivity contribution in [2.45, 2.75) is 25.3 Å². The van der Waals surface area contributed by atoms with Crippen molar-refractivity contribution in [2.75, 3.05) is 5.32 Å². The van der Waals surface area contributed by atoms with Crippen LogP contribution in [0.4, 0.5) is 14.5 Å². The number of benzene rings is 1. The van der Waals surface area contributed by atoms with Gasteiger partial charge in [0.15, 0.2) is 5.82 Å². The third-order valence-electron chi connectivity index (χ3n) is 2.74. The van der Waals surface area contributed by atoms with Gasteiger partial charge in [-0.15, -0.1) is 0 Å². The Bertz CT molecular complexity index is 464. The average molecular weight is 287 g/mol. The van der Waals surface area contributed by atoms with Crippen LogP contribution in [0.15, 0.2) is 10.5 Å². The molecular formula is C11H9BrF2N2. The molecule has 1 aromatic carbocycles. The Morgan fingerprint density at radius 3 is 2.62 bits per heavy atom. The lowest BCUT2D eigenvalue weighted by atomic mass is 9.93. The molecule has 0 aromatic heterocycles. The number of nitrogens with one attached hydrogen (secondary N) is 1. The normalized spacial score (nSPS) is 15.4. The van der Waals surface area contributed by atoms with Crippen LogP contribution in [0.1, 0.15) is 24.8 Å². The van der Waals surface area contributed by atoms with Gasteiger partial charge in [0.2, 0.25) is 0 Å². The highest BCUT2D eigenvalue weighted by atomic mass is 79.9. The average Bonchev–Trinajstić information content (AvgIpc) is 2.14. The Labute approximate surface area is 100 Å². The van der Waals surface area contributed by atoms with Crippen LogP contribution < -0.4 is 5.32 Å². The van der Waals surface area contributed by atoms with Crippen LogP contribution in [-0.2, 0) is 0 Å². The molecule has 0 bridgehead atoms. The second kappa shape index (κ2) is 4.38. The molecule has 0 atom stereocenters. The Balaban J connectivity index is 2.39. The quantitative estimate of drug-likeness (QED) is 0.902. The molecule has 0 amide bonds. The highest BCUT2D eigenvalue weighted by molar-refractivity contribution is 9.10. The lowest BCUT2D eigenvalue weighted by molar-refractivity contribution is 0.442. The van der Waals surface area contributed by atoms with Crippen LogP contribution in [-0.4, -0.2) is 6.04 Å². The standard InChI is InChI=1S/C11H9BrF2N2/c12-8-4-9(13)7(5-15)10(14)11(8)16-6-2-1-3-6/h4,6,16H,1-3H2. The van der Waals surface area contributed by atoms with Crippen molar-refractivity contribution in [3.8, 4) is 6.07 Å². The van der Waals surface area contributed by atoms with Gasteiger partial charge in [-0.05, 0) is 41.3 Å². The van der Waals surface area contributed by atoms with E-state index in [4.69, 9.17) is 5.26 Å². The van der Waals surface area contributed by atoms with Gasteiger partial charge in [-0.2, -0.15) is 5.26 Å². The van der Waals surface area contributed by atoms with E-state index in [0.717, 1.165) is 25.3 Å². The van der Waals surface area contributed by atoms with E-state index in [2.05, 4.69) is 21.2 Å². The van der Waals surface area contributed by atoms with Gasteiger partial charge in [-0.3, -0.25) is 0 Å². The maximum absolute atomic E-state index is 13.8. The molecule has 1 saturated carbocycles. The number of anilines is 1. The van der Waals surface area contributed by atoms with E-state index in [0.29, 0.717) is 4.47 Å². The molecule has 1 N–H and O–H groups in total. The Hall–Kier alpha value is -1.15. The monoisotopic (exact) mass is 286 g/mol. The predicted molar refractivity (Wildman–Crippen MR) is 60.0 cm³/mol. The third kappa shape index (κ3) is 1.90. The minimum absolute atomic E-state index is 0.183. The largest absolute Gasteiger partial charge is 0.379 e. The zero-order valence-electron chi connectivity index (χ0n) is 8.36. The van der Waals surface area contributed by atoms with E-state index in [-0.39, 0.29) is 11.7 Å². The van der Waals surface area contributed by atoms with E-state index >= 15 is 0 Å². The second-order valence-corrected chi connectivity index (χ2v) is 4.64. The van der Waals surface area contributed by atoms with Crippen LogP contribution in [0, 0.1) is 23.0 Å². The van der Waals surface area contributed by atoms with Crippen molar-refractivity contribution in [3.05, 3.63) is 27.7 Å². The summed E-state index contributed by atoms with van der Waals surface area (Å²) in [5.41, 5.74) is -0.354. The van der Waals surface area contributed by atoms with Crippen molar-refractivity contribution in [1.82, 2.24) is 0 Å². The fourth-order valence-corrected chi connectivity index (χ4v) is 2.07. The molecule has 16 heavy (non-hydrogen) atoms. The second-order valence-electron chi connectivity index (χ2n) is 3.79. The molecule has 1 fully saturated rings. The number of nitriles is 1. The first-order valence-corrected chi connectivity index (χ1v) is 5.77. The van der Waals surface area contributed by atoms with Crippen LogP contribution in [0.3, 0.4) is 0 Å². The molecule has 0 aliphatic heterocycles. The molecule has 0 saturated heterocycles. The minimum atomic E-state index is -0.842. The van der Waals surface area contributed by atoms with Gasteiger partial charge in [0.05, 0.1) is 5.69 Å². The van der Waals surface area contributed by atoms with Crippen LogP contribution in [0.2, 0.25) is 0 Å². The highest BCUT2D eigenvalue weighted by Gasteiger charge is 2.23. The van der Waals surface area contributed by atoms with Crippen molar-refractivity contribution in [2.24, 2.45) is 0 Å². The summed E-state index contributed by atoms with van der Waals surface area (Å²) in [6.45, 7) is 0. The molecule has 1 aliphatic rings. The highest BCUT2D eigenvalue weighted by Crippen LogP contribution is 2.33. The first-order chi connectivity index (χ1) is 7.63. The van der Waals surface area contributed by atoms with E-state index in [1.54, 1.807) is 0 Å². The number of halogens is 3. The predicted octanol–water partition coefficient (Wildman–Crippen LogP) is 3.56. The number of nitrogens with zero attached hydrogens (tertiary/aromatic N) is 1. The zero-order chi connectivity index (χ0) is 11.7. The molecule has 2 nitrogen and oxygen atoms in total. The zero-order valence-corrected chi connectivity index (χ0v) is 9.94. The maximum atomic E-state index is 13.8. The van der Waals surface area contributed by atoms with Crippen molar-refractivity contribution >= 4 is 21.6 Å². The van der Waals surface area contributed by atoms with Crippen molar-refractivity contribution in [1.29, 1.82) is 5.26 Å². The summed E-state index contributed by atoms with van der Waals surface area (Å²) in [5, 5.41) is 11.6. The van der Waals surface area contributed by atoms with Crippen LogP contribution in [0.5, 0.6) is 0 Å². The summed E-state index contributed by atoms with van der Waals surface area (Å²) in [6, 6.07) is 2.87. The van der Waals surface area contributed by atoms with E-state index in [1.165, 1.54) is 6.07 Å². The summed E-state index contributed by atoms with van der Waals surface area (Å²) in [4.78, 5) is 0. The lowest BCUT2D eigenvalue weighted by Gasteiger charge is -2.28. The molecule has 1 aliphatic carbocycles. The molecule has 1 aromatic rings. The van der Waals surface area contributed by atoms with Gasteiger partial charge in [-0.1, -0.05) is 0 Å². The molecule has 2 rings (SSSR count). The third-order valence-corrected chi connectivity index (χ3v) is 3.36. The molecule has 84 valence electrons. The SMILES string of the molecule is N#Cc1c(F)cc(Br)c(NC2CCC2)c1F. The van der Waals surface area contributed by atoms with Crippen LogP contribution in [0.25, 0.3) is 0 Å². The van der Waals surface area contributed by atoms with Crippen LogP contribution >= 0.6 is 15.9 Å². The molecule has 0 spiro atoms. The van der Waals surface area contributed by atoms with Gasteiger partial charge in [0.25, 0.3) is 0 Å². The number of rotatable bonds is 2. The van der Waals surface area contributed by atoms with Gasteiger partial charge in [0.1, 0.15) is 17.4 Å². The van der Waals surface area contributed by atoms with Gasteiger partial charge in [0, 0.05) is 10.5 Å². The summed E-state index contributed by atoms with van der Waals surface area (Å²) >= 11 is 3.09. The Morgan fingerprint density at radius 2 is 2.12 bits per heavy atom. The fraction of sp³-hybridized carbons (Fsp3) is 0.364. The summed E-state index contributed by atoms with van der Waals surface area (Å²) < 4.78 is 27.3. The fourth-order valence-electron chi connectivity index (χ4n) is 1.58. The summed E-state index contributed by atoms with van der Waals surface area (Å²) in [7, 11) is 0. The Kier molecular flexibility index (Phi) is 3.10. The summed E-state index contributed by atoms with van der Waals surface area (Å²) in [6.07, 6.45) is 3.07. The minimum Gasteiger partial charge on any atom is -0.379 e. The van der Waals surface area contributed by atoms with Gasteiger partial charge >= 0.3 is 0 Å². The van der Waals surface area contributed by atoms with E-state index in [1.807, 2.05) is 0 Å². The van der Waals surface area contributed by atoms with Gasteiger partial charge in [-0.25, -0.2) is 8.78 Å². The van der Waals surface area contributed by atoms with E-state index in [9.17, 15) is 8.78 Å². The van der Waals surface area contributed by atoms with E-state index < -0.39 is 17.2 Å². The Morgan fingerprint density at radius 1 is 1.44 bits per heavy atom. The number of hydrogen-bond acceptors (Lipinski definition) is 2. The van der Waals surface area contributed by atoms with Crippen molar-refractivity contribution < 1.29 is 8.78 Å². The lowest BCUT2D eigenvalue weighted by Crippen LogP contribution is -2.27. The van der Waals surface area contributed by atoms with Gasteiger partial charge < -0.3 is 5.32 Å². The summed E-state index contributed by atoms with van der Waals surface area (Å²) in [5.74, 6) is -1.66. The molecular weight excluding hydrogens is 278 g/mol. The maximum Gasteiger partial charge on any atom is 0.168 e. The molecule has 0 unspecified atom stereocenters. The molecule has 0 radical (unpaired) electrons. The topological polar surface area (TPSA) is 35.8 Å². The first kappa shape index (κ1) is 11.3. The first-order valence-electron chi connectivity index (χ1n) is 4.97. The molecule has 5 heteroatoms. The molecule has 0 heterocycles. The smallest absolute Gasteiger partial charge is 0.168 e. The van der Waals surface area contributed by atoms with Crippen molar-refractivity contribution in [3.63, 3.8) is 0 Å².